The van der Waals surface area contributed by atoms with Gasteiger partial charge in [-0.3, -0.25) is 0 Å². The van der Waals surface area contributed by atoms with Crippen molar-refractivity contribution in [3.63, 3.8) is 0 Å². The van der Waals surface area contributed by atoms with E-state index in [1.165, 1.54) is 18.2 Å². The van der Waals surface area contributed by atoms with E-state index in [4.69, 9.17) is 0 Å². The molecule has 2 atom stereocenters. The van der Waals surface area contributed by atoms with Crippen molar-refractivity contribution < 1.29 is 10.2 Å². The fraction of sp³-hybridized carbons (Fsp3) is 0.524. The number of para-hydroxylation sites is 1. The lowest BCUT2D eigenvalue weighted by molar-refractivity contribution is 0.137. The Balaban J connectivity index is 2.09. The number of aromatic nitrogens is 1. The Morgan fingerprint density at radius 1 is 1.25 bits per heavy atom. The molecule has 2 rings (SSSR count). The Labute approximate surface area is 145 Å². The van der Waals surface area contributed by atoms with Crippen molar-refractivity contribution >= 4 is 10.9 Å². The highest BCUT2D eigenvalue weighted by Crippen LogP contribution is 2.25. The second-order valence-corrected chi connectivity index (χ2v) is 6.83. The zero-order valence-corrected chi connectivity index (χ0v) is 15.0. The Morgan fingerprint density at radius 3 is 2.71 bits per heavy atom. The molecule has 0 saturated heterocycles. The summed E-state index contributed by atoms with van der Waals surface area (Å²) in [5.74, 6) is 0.108. The molecule has 1 aromatic carbocycles. The zero-order valence-electron chi connectivity index (χ0n) is 15.0. The average Bonchev–Trinajstić information content (AvgIpc) is 2.92. The van der Waals surface area contributed by atoms with Gasteiger partial charge in [0.05, 0.1) is 6.10 Å². The molecule has 3 nitrogen and oxygen atoms in total. The topological polar surface area (TPSA) is 45.4 Å². The molecule has 1 aromatic heterocycles. The third kappa shape index (κ3) is 4.49. The first-order valence-electron chi connectivity index (χ1n) is 9.11. The van der Waals surface area contributed by atoms with Gasteiger partial charge in [-0.2, -0.15) is 0 Å². The maximum absolute atomic E-state index is 10.6. The van der Waals surface area contributed by atoms with Gasteiger partial charge in [0.1, 0.15) is 0 Å². The van der Waals surface area contributed by atoms with Gasteiger partial charge in [0.25, 0.3) is 0 Å². The van der Waals surface area contributed by atoms with Crippen LogP contribution in [0.25, 0.3) is 10.9 Å². The summed E-state index contributed by atoms with van der Waals surface area (Å²) < 4.78 is 2.20. The first kappa shape index (κ1) is 18.8. The largest absolute Gasteiger partial charge is 0.396 e. The Kier molecular flexibility index (Phi) is 7.07. The molecule has 0 amide bonds. The monoisotopic (exact) mass is 329 g/mol. The lowest BCUT2D eigenvalue weighted by Gasteiger charge is -2.22. The minimum Gasteiger partial charge on any atom is -0.396 e. The maximum atomic E-state index is 10.6. The van der Waals surface area contributed by atoms with E-state index >= 15 is 0 Å². The number of aliphatic hydroxyl groups is 2. The summed E-state index contributed by atoms with van der Waals surface area (Å²) in [7, 11) is 0. The van der Waals surface area contributed by atoms with Crippen LogP contribution in [-0.4, -0.2) is 27.5 Å². The zero-order chi connectivity index (χ0) is 17.5. The van der Waals surface area contributed by atoms with Crippen LogP contribution in [0.5, 0.6) is 0 Å². The maximum Gasteiger partial charge on any atom is 0.0790 e. The smallest absolute Gasteiger partial charge is 0.0790 e. The predicted molar refractivity (Wildman–Crippen MR) is 101 cm³/mol. The molecule has 0 saturated carbocycles. The van der Waals surface area contributed by atoms with Crippen LogP contribution in [-0.2, 0) is 13.0 Å². The number of fused-ring (bicyclic) bond motifs is 1. The van der Waals surface area contributed by atoms with Crippen molar-refractivity contribution in [2.24, 2.45) is 5.92 Å². The summed E-state index contributed by atoms with van der Waals surface area (Å²) in [6.07, 6.45) is 6.69. The summed E-state index contributed by atoms with van der Waals surface area (Å²) in [6, 6.07) is 8.26. The standard InChI is InChI=1S/C21H31NO2/c1-4-5-6-9-16(2)21(24)17(3)14-22-15-18(12-13-23)19-10-7-8-11-20(19)22/h7-8,10-11,15,17,21,23-24H,2,4-6,9,12-14H2,1,3H3/t17-,21-/m1/s1. The quantitative estimate of drug-likeness (QED) is 0.504. The lowest BCUT2D eigenvalue weighted by atomic mass is 9.94. The van der Waals surface area contributed by atoms with Crippen LogP contribution in [0.15, 0.2) is 42.6 Å². The van der Waals surface area contributed by atoms with Crippen LogP contribution in [0.1, 0.15) is 45.1 Å². The number of hydrogen-bond donors (Lipinski definition) is 2. The third-order valence-electron chi connectivity index (χ3n) is 4.80. The van der Waals surface area contributed by atoms with E-state index in [1.807, 2.05) is 12.1 Å². The molecule has 0 fully saturated rings. The molecule has 3 heteroatoms. The molecule has 0 aliphatic rings. The molecular weight excluding hydrogens is 298 g/mol. The number of unbranched alkanes of at least 4 members (excludes halogenated alkanes) is 2. The van der Waals surface area contributed by atoms with E-state index < -0.39 is 6.10 Å². The minimum absolute atomic E-state index is 0.108. The van der Waals surface area contributed by atoms with Crippen LogP contribution in [0.3, 0.4) is 0 Å². The first-order chi connectivity index (χ1) is 11.6. The van der Waals surface area contributed by atoms with Gasteiger partial charge in [0, 0.05) is 36.2 Å². The normalized spacial score (nSPS) is 14.0. The second kappa shape index (κ2) is 9.05. The van der Waals surface area contributed by atoms with Crippen molar-refractivity contribution in [2.75, 3.05) is 6.61 Å². The van der Waals surface area contributed by atoms with E-state index in [0.29, 0.717) is 6.42 Å². The molecule has 1 heterocycles. The molecule has 0 radical (unpaired) electrons. The van der Waals surface area contributed by atoms with E-state index in [9.17, 15) is 10.2 Å². The van der Waals surface area contributed by atoms with Gasteiger partial charge in [-0.25, -0.2) is 0 Å². The van der Waals surface area contributed by atoms with Gasteiger partial charge in [0.2, 0.25) is 0 Å². The van der Waals surface area contributed by atoms with Crippen LogP contribution in [0, 0.1) is 5.92 Å². The van der Waals surface area contributed by atoms with Gasteiger partial charge < -0.3 is 14.8 Å². The van der Waals surface area contributed by atoms with Crippen LogP contribution < -0.4 is 0 Å². The molecule has 24 heavy (non-hydrogen) atoms. The molecule has 0 aliphatic carbocycles. The van der Waals surface area contributed by atoms with Crippen LogP contribution in [0.4, 0.5) is 0 Å². The van der Waals surface area contributed by atoms with Crippen molar-refractivity contribution in [3.05, 3.63) is 48.2 Å². The van der Waals surface area contributed by atoms with Crippen molar-refractivity contribution in [2.45, 2.75) is 58.6 Å². The molecular formula is C21H31NO2. The fourth-order valence-electron chi connectivity index (χ4n) is 3.36. The second-order valence-electron chi connectivity index (χ2n) is 6.83. The fourth-order valence-corrected chi connectivity index (χ4v) is 3.36. The Hall–Kier alpha value is -1.58. The third-order valence-corrected chi connectivity index (χ3v) is 4.80. The highest BCUT2D eigenvalue weighted by Gasteiger charge is 2.19. The van der Waals surface area contributed by atoms with E-state index in [2.05, 4.69) is 43.3 Å². The van der Waals surface area contributed by atoms with Gasteiger partial charge in [-0.15, -0.1) is 0 Å². The number of benzene rings is 1. The summed E-state index contributed by atoms with van der Waals surface area (Å²) in [5, 5.41) is 21.0. The van der Waals surface area contributed by atoms with E-state index in [0.717, 1.165) is 36.0 Å². The average molecular weight is 329 g/mol. The summed E-state index contributed by atoms with van der Waals surface area (Å²) in [6.45, 7) is 9.26. The number of nitrogens with zero attached hydrogens (tertiary/aromatic N) is 1. The predicted octanol–water partition coefficient (Wildman–Crippen LogP) is 4.31. The van der Waals surface area contributed by atoms with Gasteiger partial charge in [-0.1, -0.05) is 51.5 Å². The Morgan fingerprint density at radius 2 is 2.00 bits per heavy atom. The van der Waals surface area contributed by atoms with Crippen LogP contribution in [0.2, 0.25) is 0 Å². The molecule has 0 unspecified atom stereocenters. The Bertz CT molecular complexity index is 659. The first-order valence-corrected chi connectivity index (χ1v) is 9.11. The van der Waals surface area contributed by atoms with Crippen molar-refractivity contribution in [1.29, 1.82) is 0 Å². The van der Waals surface area contributed by atoms with Crippen molar-refractivity contribution in [3.8, 4) is 0 Å². The number of aliphatic hydroxyl groups excluding tert-OH is 2. The summed E-state index contributed by atoms with van der Waals surface area (Å²) in [4.78, 5) is 0. The highest BCUT2D eigenvalue weighted by atomic mass is 16.3. The highest BCUT2D eigenvalue weighted by molar-refractivity contribution is 5.84. The molecule has 0 aliphatic heterocycles. The molecule has 2 N–H and O–H groups in total. The minimum atomic E-state index is -0.468. The molecule has 0 spiro atoms. The molecule has 132 valence electrons. The van der Waals surface area contributed by atoms with E-state index in [-0.39, 0.29) is 12.5 Å². The summed E-state index contributed by atoms with van der Waals surface area (Å²) >= 11 is 0. The van der Waals surface area contributed by atoms with Crippen LogP contribution >= 0.6 is 0 Å². The van der Waals surface area contributed by atoms with Gasteiger partial charge in [0.15, 0.2) is 0 Å². The molecule has 2 aromatic rings. The summed E-state index contributed by atoms with van der Waals surface area (Å²) in [5.41, 5.74) is 3.27. The van der Waals surface area contributed by atoms with Crippen molar-refractivity contribution in [1.82, 2.24) is 4.57 Å². The number of hydrogen-bond acceptors (Lipinski definition) is 2. The van der Waals surface area contributed by atoms with Gasteiger partial charge >= 0.3 is 0 Å². The lowest BCUT2D eigenvalue weighted by Crippen LogP contribution is -2.24. The SMILES string of the molecule is C=C(CCCCC)[C@@H](O)[C@H](C)Cn1cc(CCO)c2ccccc21. The molecule has 0 bridgehead atoms. The number of rotatable bonds is 10. The van der Waals surface area contributed by atoms with Gasteiger partial charge in [-0.05, 0) is 36.5 Å². The van der Waals surface area contributed by atoms with E-state index in [1.54, 1.807) is 0 Å².